The van der Waals surface area contributed by atoms with Gasteiger partial charge in [-0.1, -0.05) is 6.92 Å². The summed E-state index contributed by atoms with van der Waals surface area (Å²) < 4.78 is 14.7. The van der Waals surface area contributed by atoms with Crippen LogP contribution < -0.4 is 5.32 Å². The van der Waals surface area contributed by atoms with Crippen LogP contribution in [0.5, 0.6) is 0 Å². The van der Waals surface area contributed by atoms with Crippen molar-refractivity contribution in [3.05, 3.63) is 42.2 Å². The molecule has 1 N–H and O–H groups in total. The van der Waals surface area contributed by atoms with Gasteiger partial charge in [-0.05, 0) is 30.8 Å². The van der Waals surface area contributed by atoms with Gasteiger partial charge in [0.15, 0.2) is 0 Å². The van der Waals surface area contributed by atoms with Gasteiger partial charge in [0.05, 0.1) is 0 Å². The smallest absolute Gasteiger partial charge is 0.138 e. The molecule has 0 saturated carbocycles. The second-order valence-electron chi connectivity index (χ2n) is 4.52. The molecule has 0 saturated heterocycles. The third-order valence-corrected chi connectivity index (χ3v) is 4.17. The maximum absolute atomic E-state index is 12.9. The third kappa shape index (κ3) is 4.31. The molecule has 108 valence electrons. The van der Waals surface area contributed by atoms with Gasteiger partial charge in [0.1, 0.15) is 18.0 Å². The summed E-state index contributed by atoms with van der Waals surface area (Å²) in [6.07, 6.45) is 2.41. The lowest BCUT2D eigenvalue weighted by Gasteiger charge is -2.17. The van der Waals surface area contributed by atoms with E-state index in [0.29, 0.717) is 6.04 Å². The van der Waals surface area contributed by atoms with Gasteiger partial charge in [0.2, 0.25) is 0 Å². The zero-order chi connectivity index (χ0) is 14.4. The van der Waals surface area contributed by atoms with Crippen LogP contribution in [0.25, 0.3) is 0 Å². The SMILES string of the molecule is CCNC(CSc1ccc(F)cc1)Cc1ncnn1C. The molecule has 2 rings (SSSR count). The fourth-order valence-electron chi connectivity index (χ4n) is 1.93. The summed E-state index contributed by atoms with van der Waals surface area (Å²) in [6, 6.07) is 6.93. The lowest BCUT2D eigenvalue weighted by Crippen LogP contribution is -2.34. The predicted octanol–water partition coefficient (Wildman–Crippen LogP) is 2.27. The molecule has 1 aromatic heterocycles. The van der Waals surface area contributed by atoms with E-state index in [-0.39, 0.29) is 5.82 Å². The van der Waals surface area contributed by atoms with E-state index in [2.05, 4.69) is 22.3 Å². The van der Waals surface area contributed by atoms with E-state index in [1.807, 2.05) is 19.2 Å². The molecule has 2 aromatic rings. The van der Waals surface area contributed by atoms with Gasteiger partial charge in [0.25, 0.3) is 0 Å². The number of rotatable bonds is 7. The Kier molecular flexibility index (Phi) is 5.55. The standard InChI is InChI=1S/C14H19FN4S/c1-3-16-12(8-14-17-10-18-19(14)2)9-20-13-6-4-11(15)5-7-13/h4-7,10,12,16H,3,8-9H2,1-2H3. The first-order valence-electron chi connectivity index (χ1n) is 6.63. The molecule has 1 aromatic carbocycles. The van der Waals surface area contributed by atoms with Crippen molar-refractivity contribution in [3.8, 4) is 0 Å². The monoisotopic (exact) mass is 294 g/mol. The number of aromatic nitrogens is 3. The Hall–Kier alpha value is -1.40. The highest BCUT2D eigenvalue weighted by Gasteiger charge is 2.12. The number of nitrogens with zero attached hydrogens (tertiary/aromatic N) is 3. The minimum absolute atomic E-state index is 0.198. The van der Waals surface area contributed by atoms with Crippen molar-refractivity contribution in [1.29, 1.82) is 0 Å². The number of nitrogens with one attached hydrogen (secondary N) is 1. The number of halogens is 1. The summed E-state index contributed by atoms with van der Waals surface area (Å²) in [4.78, 5) is 5.33. The van der Waals surface area contributed by atoms with E-state index in [9.17, 15) is 4.39 Å². The number of likely N-dealkylation sites (N-methyl/N-ethyl adjacent to an activating group) is 1. The lowest BCUT2D eigenvalue weighted by atomic mass is 10.2. The summed E-state index contributed by atoms with van der Waals surface area (Å²) in [5.41, 5.74) is 0. The summed E-state index contributed by atoms with van der Waals surface area (Å²) in [5.74, 6) is 1.68. The number of benzene rings is 1. The van der Waals surface area contributed by atoms with E-state index >= 15 is 0 Å². The average Bonchev–Trinajstić information content (AvgIpc) is 2.84. The molecule has 6 heteroatoms. The van der Waals surface area contributed by atoms with Crippen molar-refractivity contribution in [3.63, 3.8) is 0 Å². The first-order valence-corrected chi connectivity index (χ1v) is 7.62. The van der Waals surface area contributed by atoms with Crippen LogP contribution in [0.4, 0.5) is 4.39 Å². The summed E-state index contributed by atoms with van der Waals surface area (Å²) in [6.45, 7) is 3.00. The van der Waals surface area contributed by atoms with Crippen molar-refractivity contribution in [2.24, 2.45) is 7.05 Å². The number of thioether (sulfide) groups is 1. The highest BCUT2D eigenvalue weighted by molar-refractivity contribution is 7.99. The second kappa shape index (κ2) is 7.40. The Morgan fingerprint density at radius 2 is 2.10 bits per heavy atom. The van der Waals surface area contributed by atoms with E-state index in [1.54, 1.807) is 22.8 Å². The van der Waals surface area contributed by atoms with E-state index in [4.69, 9.17) is 0 Å². The van der Waals surface area contributed by atoms with Crippen molar-refractivity contribution in [1.82, 2.24) is 20.1 Å². The fraction of sp³-hybridized carbons (Fsp3) is 0.429. The molecule has 0 radical (unpaired) electrons. The van der Waals surface area contributed by atoms with Crippen molar-refractivity contribution >= 4 is 11.8 Å². The number of aryl methyl sites for hydroxylation is 1. The molecule has 1 unspecified atom stereocenters. The molecule has 4 nitrogen and oxygen atoms in total. The number of hydrogen-bond acceptors (Lipinski definition) is 4. The molecule has 0 amide bonds. The molecule has 1 heterocycles. The van der Waals surface area contributed by atoms with E-state index in [0.717, 1.165) is 29.4 Å². The molecular formula is C14H19FN4S. The largest absolute Gasteiger partial charge is 0.313 e. The Morgan fingerprint density at radius 1 is 1.35 bits per heavy atom. The molecule has 0 spiro atoms. The maximum atomic E-state index is 12.9. The van der Waals surface area contributed by atoms with Crippen LogP contribution in [0.1, 0.15) is 12.7 Å². The summed E-state index contributed by atoms with van der Waals surface area (Å²) >= 11 is 1.72. The predicted molar refractivity (Wildman–Crippen MR) is 79.3 cm³/mol. The Bertz CT molecular complexity index is 526. The minimum atomic E-state index is -0.198. The topological polar surface area (TPSA) is 42.7 Å². The molecule has 20 heavy (non-hydrogen) atoms. The molecule has 0 fully saturated rings. The van der Waals surface area contributed by atoms with Crippen molar-refractivity contribution in [2.45, 2.75) is 24.3 Å². The molecule has 0 aliphatic rings. The molecule has 0 bridgehead atoms. The quantitative estimate of drug-likeness (QED) is 0.796. The van der Waals surface area contributed by atoms with Gasteiger partial charge in [-0.25, -0.2) is 9.37 Å². The molecule has 0 aliphatic heterocycles. The number of hydrogen-bond donors (Lipinski definition) is 1. The normalized spacial score (nSPS) is 12.6. The van der Waals surface area contributed by atoms with Gasteiger partial charge >= 0.3 is 0 Å². The highest BCUT2D eigenvalue weighted by atomic mass is 32.2. The molecule has 1 atom stereocenters. The van der Waals surface area contributed by atoms with Crippen LogP contribution in [0.15, 0.2) is 35.5 Å². The second-order valence-corrected chi connectivity index (χ2v) is 5.62. The average molecular weight is 294 g/mol. The first-order chi connectivity index (χ1) is 9.69. The zero-order valence-electron chi connectivity index (χ0n) is 11.7. The van der Waals surface area contributed by atoms with Gasteiger partial charge in [-0.2, -0.15) is 5.10 Å². The summed E-state index contributed by atoms with van der Waals surface area (Å²) in [7, 11) is 1.90. The first kappa shape index (κ1) is 15.0. The third-order valence-electron chi connectivity index (χ3n) is 2.99. The summed E-state index contributed by atoms with van der Waals surface area (Å²) in [5, 5.41) is 7.54. The Labute approximate surface area is 122 Å². The minimum Gasteiger partial charge on any atom is -0.313 e. The van der Waals surface area contributed by atoms with Gasteiger partial charge in [0, 0.05) is 30.2 Å². The highest BCUT2D eigenvalue weighted by Crippen LogP contribution is 2.19. The van der Waals surface area contributed by atoms with E-state index < -0.39 is 0 Å². The van der Waals surface area contributed by atoms with Gasteiger partial charge in [-0.3, -0.25) is 4.68 Å². The van der Waals surface area contributed by atoms with Crippen molar-refractivity contribution in [2.75, 3.05) is 12.3 Å². The zero-order valence-corrected chi connectivity index (χ0v) is 12.5. The van der Waals surface area contributed by atoms with Crippen LogP contribution in [-0.2, 0) is 13.5 Å². The maximum Gasteiger partial charge on any atom is 0.138 e. The van der Waals surface area contributed by atoms with Crippen LogP contribution >= 0.6 is 11.8 Å². The van der Waals surface area contributed by atoms with Gasteiger partial charge < -0.3 is 5.32 Å². The van der Waals surface area contributed by atoms with Crippen LogP contribution in [0, 0.1) is 5.82 Å². The van der Waals surface area contributed by atoms with Crippen molar-refractivity contribution < 1.29 is 4.39 Å². The van der Waals surface area contributed by atoms with Crippen LogP contribution in [0.3, 0.4) is 0 Å². The van der Waals surface area contributed by atoms with Gasteiger partial charge in [-0.15, -0.1) is 11.8 Å². The molecule has 0 aliphatic carbocycles. The fourth-order valence-corrected chi connectivity index (χ4v) is 2.89. The Morgan fingerprint density at radius 3 is 2.70 bits per heavy atom. The Balaban J connectivity index is 1.92. The van der Waals surface area contributed by atoms with E-state index in [1.165, 1.54) is 12.1 Å². The van der Waals surface area contributed by atoms with Crippen LogP contribution in [-0.4, -0.2) is 33.1 Å². The lowest BCUT2D eigenvalue weighted by molar-refractivity contribution is 0.542. The molecular weight excluding hydrogens is 275 g/mol. The van der Waals surface area contributed by atoms with Crippen LogP contribution in [0.2, 0.25) is 0 Å².